The van der Waals surface area contributed by atoms with Crippen molar-refractivity contribution in [3.8, 4) is 34.0 Å². The molecular weight excluding hydrogens is 764 g/mol. The molecule has 0 N–H and O–H groups in total. The average Bonchev–Trinajstić information content (AvgIpc) is 3.24. The van der Waals surface area contributed by atoms with Crippen LogP contribution in [-0.4, -0.2) is 56.1 Å². The van der Waals surface area contributed by atoms with Crippen molar-refractivity contribution >= 4 is 66.1 Å². The van der Waals surface area contributed by atoms with Gasteiger partial charge in [-0.2, -0.15) is 0 Å². The molecule has 0 fully saturated rings. The molecular formula is C42H28N6O11. The number of non-ortho nitro benzene ring substituents is 4. The summed E-state index contributed by atoms with van der Waals surface area (Å²) in [6, 6.07) is 31.5. The van der Waals surface area contributed by atoms with Crippen LogP contribution in [0, 0.1) is 40.5 Å². The van der Waals surface area contributed by atoms with E-state index in [2.05, 4.69) is 0 Å². The Hall–Kier alpha value is -8.18. The smallest absolute Gasteiger partial charge is 0.271 e. The molecule has 2 aromatic heterocycles. The Balaban J connectivity index is 0.936. The topological polar surface area (TPSA) is 226 Å². The number of hydrogen-bond acceptors (Lipinski definition) is 13. The van der Waals surface area contributed by atoms with E-state index in [9.17, 15) is 40.5 Å². The van der Waals surface area contributed by atoms with E-state index >= 15 is 0 Å². The molecule has 0 bridgehead atoms. The standard InChI is InChI=1S/C42H28N6O11/c49-45(50)27-7-11-33-35-13-9-29(47(53)54)23-39(35)43-41(37(33)21-27)25-3-1-5-31(19-25)58-17-15-57-16-18-59-32-6-2-4-26(20-32)42-38-22-28(46(51)52)8-12-34(38)36-14-10-30(48(55)56)24-40(36)44-42/h1-14,19-24H,15-18H2. The van der Waals surface area contributed by atoms with Gasteiger partial charge in [0.2, 0.25) is 0 Å². The van der Waals surface area contributed by atoms with Crippen LogP contribution in [0.1, 0.15) is 0 Å². The third-order valence-electron chi connectivity index (χ3n) is 9.58. The van der Waals surface area contributed by atoms with E-state index in [1.165, 1.54) is 48.5 Å². The number of hydrogen-bond donors (Lipinski definition) is 0. The summed E-state index contributed by atoms with van der Waals surface area (Å²) in [7, 11) is 0. The lowest BCUT2D eigenvalue weighted by Gasteiger charge is -2.13. The van der Waals surface area contributed by atoms with Crippen molar-refractivity contribution in [1.82, 2.24) is 9.97 Å². The molecule has 2 heterocycles. The normalized spacial score (nSPS) is 11.3. The number of fused-ring (bicyclic) bond motifs is 6. The predicted molar refractivity (Wildman–Crippen MR) is 218 cm³/mol. The average molecular weight is 793 g/mol. The highest BCUT2D eigenvalue weighted by molar-refractivity contribution is 6.13. The second kappa shape index (κ2) is 15.8. The summed E-state index contributed by atoms with van der Waals surface area (Å²) in [5.74, 6) is 0.960. The van der Waals surface area contributed by atoms with E-state index < -0.39 is 19.7 Å². The molecule has 0 saturated heterocycles. The van der Waals surface area contributed by atoms with E-state index in [0.717, 1.165) is 0 Å². The Labute approximate surface area is 331 Å². The van der Waals surface area contributed by atoms with Crippen LogP contribution in [0.15, 0.2) is 121 Å². The molecule has 0 atom stereocenters. The summed E-state index contributed by atoms with van der Waals surface area (Å²) in [5, 5.41) is 49.8. The minimum absolute atomic E-state index is 0.123. The van der Waals surface area contributed by atoms with Crippen LogP contribution in [0.4, 0.5) is 22.7 Å². The molecule has 0 saturated carbocycles. The van der Waals surface area contributed by atoms with Crippen LogP contribution in [-0.2, 0) is 4.74 Å². The fourth-order valence-electron chi connectivity index (χ4n) is 6.87. The number of aromatic nitrogens is 2. The Morgan fingerprint density at radius 3 is 1.17 bits per heavy atom. The quantitative estimate of drug-likeness (QED) is 0.0433. The fraction of sp³-hybridized carbons (Fsp3) is 0.0952. The van der Waals surface area contributed by atoms with Gasteiger partial charge in [0, 0.05) is 81.2 Å². The maximum absolute atomic E-state index is 11.6. The summed E-state index contributed by atoms with van der Waals surface area (Å²) < 4.78 is 17.6. The molecule has 0 aliphatic carbocycles. The number of benzene rings is 6. The predicted octanol–water partition coefficient (Wildman–Crippen LogP) is 9.53. The molecule has 0 aliphatic heterocycles. The Morgan fingerprint density at radius 2 is 0.780 bits per heavy atom. The molecule has 17 nitrogen and oxygen atoms in total. The lowest BCUT2D eigenvalue weighted by molar-refractivity contribution is -0.384. The van der Waals surface area contributed by atoms with Gasteiger partial charge in [-0.25, -0.2) is 9.97 Å². The van der Waals surface area contributed by atoms with Crippen molar-refractivity contribution in [2.45, 2.75) is 0 Å². The second-order valence-electron chi connectivity index (χ2n) is 13.2. The molecule has 8 aromatic rings. The van der Waals surface area contributed by atoms with Crippen molar-refractivity contribution in [2.75, 3.05) is 26.4 Å². The first-order chi connectivity index (χ1) is 28.5. The summed E-state index contributed by atoms with van der Waals surface area (Å²) in [6.45, 7) is 0.762. The molecule has 0 spiro atoms. The zero-order chi connectivity index (χ0) is 41.2. The van der Waals surface area contributed by atoms with Crippen LogP contribution >= 0.6 is 0 Å². The highest BCUT2D eigenvalue weighted by Crippen LogP contribution is 2.38. The largest absolute Gasteiger partial charge is 0.491 e. The minimum atomic E-state index is -0.508. The van der Waals surface area contributed by atoms with Gasteiger partial charge in [-0.05, 0) is 59.3 Å². The highest BCUT2D eigenvalue weighted by Gasteiger charge is 2.19. The third kappa shape index (κ3) is 7.68. The Kier molecular flexibility index (Phi) is 10.1. The highest BCUT2D eigenvalue weighted by atomic mass is 16.6. The van der Waals surface area contributed by atoms with Crippen molar-refractivity contribution in [3.05, 3.63) is 162 Å². The van der Waals surface area contributed by atoms with Crippen LogP contribution in [0.25, 0.3) is 65.9 Å². The summed E-state index contributed by atoms with van der Waals surface area (Å²) in [5.41, 5.74) is 2.19. The molecule has 17 heteroatoms. The van der Waals surface area contributed by atoms with Gasteiger partial charge in [-0.15, -0.1) is 0 Å². The van der Waals surface area contributed by atoms with Crippen molar-refractivity contribution < 1.29 is 33.9 Å². The maximum Gasteiger partial charge on any atom is 0.271 e. The Morgan fingerprint density at radius 1 is 0.407 bits per heavy atom. The first-order valence-electron chi connectivity index (χ1n) is 17.9. The lowest BCUT2D eigenvalue weighted by atomic mass is 9.99. The Bertz CT molecular complexity index is 2830. The number of pyridine rings is 2. The maximum atomic E-state index is 11.6. The van der Waals surface area contributed by atoms with E-state index in [4.69, 9.17) is 24.2 Å². The van der Waals surface area contributed by atoms with Crippen LogP contribution in [0.3, 0.4) is 0 Å². The van der Waals surface area contributed by atoms with Crippen LogP contribution in [0.2, 0.25) is 0 Å². The summed E-state index contributed by atoms with van der Waals surface area (Å²) >= 11 is 0. The summed E-state index contributed by atoms with van der Waals surface area (Å²) in [6.07, 6.45) is 0. The van der Waals surface area contributed by atoms with Crippen molar-refractivity contribution in [3.63, 3.8) is 0 Å². The van der Waals surface area contributed by atoms with Gasteiger partial charge in [0.1, 0.15) is 24.7 Å². The number of ether oxygens (including phenoxy) is 3. The van der Waals surface area contributed by atoms with Crippen molar-refractivity contribution in [2.24, 2.45) is 0 Å². The van der Waals surface area contributed by atoms with Gasteiger partial charge < -0.3 is 14.2 Å². The second-order valence-corrected chi connectivity index (χ2v) is 13.2. The van der Waals surface area contributed by atoms with E-state index in [1.807, 2.05) is 0 Å². The van der Waals surface area contributed by atoms with Gasteiger partial charge in [0.05, 0.1) is 55.3 Å². The van der Waals surface area contributed by atoms with Crippen molar-refractivity contribution in [1.29, 1.82) is 0 Å². The van der Waals surface area contributed by atoms with Crippen LogP contribution in [0.5, 0.6) is 11.5 Å². The molecule has 0 radical (unpaired) electrons. The molecule has 292 valence electrons. The van der Waals surface area contributed by atoms with E-state index in [1.54, 1.807) is 72.8 Å². The molecule has 59 heavy (non-hydrogen) atoms. The van der Waals surface area contributed by atoms with Gasteiger partial charge in [0.25, 0.3) is 22.7 Å². The minimum Gasteiger partial charge on any atom is -0.491 e. The van der Waals surface area contributed by atoms with Gasteiger partial charge in [-0.3, -0.25) is 40.5 Å². The number of nitro groups is 4. The number of nitrogens with zero attached hydrogens (tertiary/aromatic N) is 6. The summed E-state index contributed by atoms with van der Waals surface area (Å²) in [4.78, 5) is 53.7. The zero-order valence-corrected chi connectivity index (χ0v) is 30.5. The molecule has 0 aliphatic rings. The number of nitro benzene ring substituents is 4. The molecule has 6 aromatic carbocycles. The fourth-order valence-corrected chi connectivity index (χ4v) is 6.87. The first-order valence-corrected chi connectivity index (χ1v) is 17.9. The molecule has 0 amide bonds. The third-order valence-corrected chi connectivity index (χ3v) is 9.58. The molecule has 0 unspecified atom stereocenters. The van der Waals surface area contributed by atoms with Gasteiger partial charge in [-0.1, -0.05) is 24.3 Å². The first kappa shape index (κ1) is 37.7. The van der Waals surface area contributed by atoms with E-state index in [-0.39, 0.29) is 49.2 Å². The SMILES string of the molecule is O=[N+]([O-])c1ccc2c(c1)nc(-c1cccc(OCCOCCOc3cccc(-c4nc5cc([N+](=O)[O-])ccc5c5ccc([N+](=O)[O-])cc45)c3)c1)c1cc([N+](=O)[O-])ccc12. The monoisotopic (exact) mass is 792 g/mol. The zero-order valence-electron chi connectivity index (χ0n) is 30.5. The molecule has 8 rings (SSSR count). The lowest BCUT2D eigenvalue weighted by Crippen LogP contribution is -2.12. The van der Waals surface area contributed by atoms with Gasteiger partial charge in [0.15, 0.2) is 0 Å². The van der Waals surface area contributed by atoms with Gasteiger partial charge >= 0.3 is 0 Å². The van der Waals surface area contributed by atoms with Crippen LogP contribution < -0.4 is 9.47 Å². The van der Waals surface area contributed by atoms with E-state index in [0.29, 0.717) is 77.4 Å². The number of rotatable bonds is 14.